The normalized spacial score (nSPS) is 26.9. The average molecular weight is 372 g/mol. The number of benzene rings is 1. The fourth-order valence-corrected chi connectivity index (χ4v) is 4.61. The molecule has 3 fully saturated rings. The zero-order chi connectivity index (χ0) is 18.5. The molecule has 0 aromatic heterocycles. The molecule has 2 saturated carbocycles. The topological polar surface area (TPSA) is 53.6 Å². The van der Waals surface area contributed by atoms with Crippen molar-refractivity contribution in [3.05, 3.63) is 29.8 Å². The standard InChI is InChI=1S/C22H33N3O2/c26-22(18-9-5-6-10-21(18)25-13-15-27-16-14-25)24-20-12-11-19(20)23-17-7-3-1-2-4-8-17/h5-6,9-10,17,19-20,23H,1-4,7-8,11-16H2,(H,24,26). The highest BCUT2D eigenvalue weighted by Crippen LogP contribution is 2.26. The van der Waals surface area contributed by atoms with Crippen LogP contribution in [0.15, 0.2) is 24.3 Å². The van der Waals surface area contributed by atoms with Crippen LogP contribution >= 0.6 is 0 Å². The van der Waals surface area contributed by atoms with Gasteiger partial charge in [0, 0.05) is 36.9 Å². The number of nitrogens with zero attached hydrogens (tertiary/aromatic N) is 1. The minimum atomic E-state index is 0.0643. The SMILES string of the molecule is O=C(NC1CCC1NC1CCCCCC1)c1ccccc1N1CCOCC1. The van der Waals surface area contributed by atoms with Crippen molar-refractivity contribution in [1.82, 2.24) is 10.6 Å². The first-order valence-electron chi connectivity index (χ1n) is 10.8. The Morgan fingerprint density at radius 1 is 0.926 bits per heavy atom. The van der Waals surface area contributed by atoms with Crippen LogP contribution in [0.5, 0.6) is 0 Å². The quantitative estimate of drug-likeness (QED) is 0.781. The molecule has 0 spiro atoms. The van der Waals surface area contributed by atoms with E-state index in [2.05, 4.69) is 21.6 Å². The van der Waals surface area contributed by atoms with E-state index < -0.39 is 0 Å². The van der Waals surface area contributed by atoms with Crippen LogP contribution in [0.1, 0.15) is 61.7 Å². The zero-order valence-corrected chi connectivity index (χ0v) is 16.3. The fraction of sp³-hybridized carbons (Fsp3) is 0.682. The molecule has 4 rings (SSSR count). The highest BCUT2D eigenvalue weighted by Gasteiger charge is 2.34. The van der Waals surface area contributed by atoms with Crippen LogP contribution in [0.2, 0.25) is 0 Å². The van der Waals surface area contributed by atoms with Gasteiger partial charge in [0.1, 0.15) is 0 Å². The Labute approximate surface area is 162 Å². The maximum atomic E-state index is 13.0. The molecule has 2 aliphatic carbocycles. The lowest BCUT2D eigenvalue weighted by Gasteiger charge is -2.40. The maximum Gasteiger partial charge on any atom is 0.253 e. The first-order chi connectivity index (χ1) is 13.3. The summed E-state index contributed by atoms with van der Waals surface area (Å²) in [5, 5.41) is 7.15. The number of rotatable bonds is 5. The Balaban J connectivity index is 1.36. The predicted octanol–water partition coefficient (Wildman–Crippen LogP) is 3.10. The number of morpholine rings is 1. The van der Waals surface area contributed by atoms with Gasteiger partial charge < -0.3 is 20.3 Å². The molecule has 2 N–H and O–H groups in total. The molecule has 1 heterocycles. The van der Waals surface area contributed by atoms with Crippen LogP contribution in [0, 0.1) is 0 Å². The van der Waals surface area contributed by atoms with Crippen molar-refractivity contribution < 1.29 is 9.53 Å². The van der Waals surface area contributed by atoms with E-state index in [0.29, 0.717) is 12.1 Å². The number of ether oxygens (including phenoxy) is 1. The molecular weight excluding hydrogens is 338 g/mol. The van der Waals surface area contributed by atoms with E-state index in [1.54, 1.807) is 0 Å². The van der Waals surface area contributed by atoms with Gasteiger partial charge in [0.05, 0.1) is 18.8 Å². The lowest BCUT2D eigenvalue weighted by atomic mass is 9.85. The van der Waals surface area contributed by atoms with Crippen molar-refractivity contribution in [3.63, 3.8) is 0 Å². The van der Waals surface area contributed by atoms with E-state index in [0.717, 1.165) is 44.0 Å². The lowest BCUT2D eigenvalue weighted by molar-refractivity contribution is 0.0886. The average Bonchev–Trinajstić information content (AvgIpc) is 2.99. The largest absolute Gasteiger partial charge is 0.378 e. The molecule has 148 valence electrons. The van der Waals surface area contributed by atoms with Crippen LogP contribution in [0.4, 0.5) is 5.69 Å². The smallest absolute Gasteiger partial charge is 0.253 e. The Morgan fingerprint density at radius 2 is 1.63 bits per heavy atom. The van der Waals surface area contributed by atoms with E-state index in [9.17, 15) is 4.79 Å². The summed E-state index contributed by atoms with van der Waals surface area (Å²) in [6.07, 6.45) is 10.3. The van der Waals surface area contributed by atoms with E-state index in [1.807, 2.05) is 18.2 Å². The van der Waals surface area contributed by atoms with Gasteiger partial charge in [-0.3, -0.25) is 4.79 Å². The van der Waals surface area contributed by atoms with Gasteiger partial charge in [-0.05, 0) is 37.8 Å². The van der Waals surface area contributed by atoms with Crippen molar-refractivity contribution in [2.75, 3.05) is 31.2 Å². The van der Waals surface area contributed by atoms with Crippen LogP contribution in [-0.4, -0.2) is 50.3 Å². The first kappa shape index (κ1) is 18.8. The highest BCUT2D eigenvalue weighted by molar-refractivity contribution is 6.00. The number of hydrogen-bond donors (Lipinski definition) is 2. The minimum absolute atomic E-state index is 0.0643. The number of carbonyl (C=O) groups excluding carboxylic acids is 1. The Hall–Kier alpha value is -1.59. The molecular formula is C22H33N3O2. The van der Waals surface area contributed by atoms with E-state index in [4.69, 9.17) is 4.74 Å². The molecule has 0 bridgehead atoms. The third kappa shape index (κ3) is 4.64. The Morgan fingerprint density at radius 3 is 2.33 bits per heavy atom. The van der Waals surface area contributed by atoms with Gasteiger partial charge in [-0.2, -0.15) is 0 Å². The predicted molar refractivity (Wildman–Crippen MR) is 108 cm³/mol. The first-order valence-corrected chi connectivity index (χ1v) is 10.8. The third-order valence-electron chi connectivity index (χ3n) is 6.40. The molecule has 2 atom stereocenters. The van der Waals surface area contributed by atoms with Gasteiger partial charge in [-0.15, -0.1) is 0 Å². The van der Waals surface area contributed by atoms with E-state index in [1.165, 1.54) is 44.9 Å². The van der Waals surface area contributed by atoms with Gasteiger partial charge in [-0.25, -0.2) is 0 Å². The molecule has 1 saturated heterocycles. The van der Waals surface area contributed by atoms with Gasteiger partial charge in [0.15, 0.2) is 0 Å². The Bertz CT molecular complexity index is 622. The number of amides is 1. The van der Waals surface area contributed by atoms with Crippen molar-refractivity contribution in [2.24, 2.45) is 0 Å². The zero-order valence-electron chi connectivity index (χ0n) is 16.3. The Kier molecular flexibility index (Phi) is 6.30. The summed E-state index contributed by atoms with van der Waals surface area (Å²) in [5.74, 6) is 0.0643. The summed E-state index contributed by atoms with van der Waals surface area (Å²) in [6.45, 7) is 3.15. The number of anilines is 1. The second-order valence-electron chi connectivity index (χ2n) is 8.24. The summed E-state index contributed by atoms with van der Waals surface area (Å²) < 4.78 is 5.46. The molecule has 0 radical (unpaired) electrons. The van der Waals surface area contributed by atoms with Gasteiger partial charge in [-0.1, -0.05) is 37.8 Å². The summed E-state index contributed by atoms with van der Waals surface area (Å²) in [7, 11) is 0. The maximum absolute atomic E-state index is 13.0. The highest BCUT2D eigenvalue weighted by atomic mass is 16.5. The fourth-order valence-electron chi connectivity index (χ4n) is 4.61. The molecule has 1 amide bonds. The van der Waals surface area contributed by atoms with Gasteiger partial charge in [0.2, 0.25) is 0 Å². The monoisotopic (exact) mass is 371 g/mol. The van der Waals surface area contributed by atoms with Crippen molar-refractivity contribution in [2.45, 2.75) is 69.5 Å². The third-order valence-corrected chi connectivity index (χ3v) is 6.40. The second kappa shape index (κ2) is 9.07. The van der Waals surface area contributed by atoms with E-state index >= 15 is 0 Å². The van der Waals surface area contributed by atoms with Crippen molar-refractivity contribution in [1.29, 1.82) is 0 Å². The van der Waals surface area contributed by atoms with Crippen LogP contribution < -0.4 is 15.5 Å². The van der Waals surface area contributed by atoms with Crippen molar-refractivity contribution in [3.8, 4) is 0 Å². The second-order valence-corrected chi connectivity index (χ2v) is 8.24. The summed E-state index contributed by atoms with van der Waals surface area (Å²) >= 11 is 0. The summed E-state index contributed by atoms with van der Waals surface area (Å²) in [5.41, 5.74) is 1.82. The molecule has 27 heavy (non-hydrogen) atoms. The van der Waals surface area contributed by atoms with Crippen LogP contribution in [0.25, 0.3) is 0 Å². The van der Waals surface area contributed by atoms with Gasteiger partial charge >= 0.3 is 0 Å². The molecule has 1 aromatic carbocycles. The number of nitrogens with one attached hydrogen (secondary N) is 2. The molecule has 2 unspecified atom stereocenters. The molecule has 3 aliphatic rings. The van der Waals surface area contributed by atoms with Crippen LogP contribution in [0.3, 0.4) is 0 Å². The van der Waals surface area contributed by atoms with E-state index in [-0.39, 0.29) is 11.9 Å². The minimum Gasteiger partial charge on any atom is -0.378 e. The molecule has 5 nitrogen and oxygen atoms in total. The molecule has 1 aromatic rings. The number of hydrogen-bond acceptors (Lipinski definition) is 4. The molecule has 1 aliphatic heterocycles. The lowest BCUT2D eigenvalue weighted by Crippen LogP contribution is -2.59. The van der Waals surface area contributed by atoms with Crippen molar-refractivity contribution >= 4 is 11.6 Å². The summed E-state index contributed by atoms with van der Waals surface area (Å²) in [4.78, 5) is 15.3. The molecule has 5 heteroatoms. The summed E-state index contributed by atoms with van der Waals surface area (Å²) in [6, 6.07) is 9.32. The number of para-hydroxylation sites is 1. The number of carbonyl (C=O) groups is 1. The van der Waals surface area contributed by atoms with Gasteiger partial charge in [0.25, 0.3) is 5.91 Å². The van der Waals surface area contributed by atoms with Crippen LogP contribution in [-0.2, 0) is 4.74 Å².